The quantitative estimate of drug-likeness (QED) is 0.299. The molecule has 1 aromatic carbocycles. The lowest BCUT2D eigenvalue weighted by molar-refractivity contribution is 0.318. The Morgan fingerprint density at radius 1 is 1.32 bits per heavy atom. The van der Waals surface area contributed by atoms with Crippen LogP contribution in [0.3, 0.4) is 0 Å². The van der Waals surface area contributed by atoms with Gasteiger partial charge in [0.15, 0.2) is 11.0 Å². The van der Waals surface area contributed by atoms with E-state index in [4.69, 9.17) is 22.5 Å². The molecular weight excluding hydrogens is 284 g/mol. The van der Waals surface area contributed by atoms with Crippen LogP contribution in [-0.2, 0) is 0 Å². The number of nitrogens with zero attached hydrogens (tertiary/aromatic N) is 3. The third-order valence-electron chi connectivity index (χ3n) is 2.23. The van der Waals surface area contributed by atoms with Gasteiger partial charge in [0.25, 0.3) is 0 Å². The van der Waals surface area contributed by atoms with Crippen LogP contribution in [0.4, 0.5) is 0 Å². The highest BCUT2D eigenvalue weighted by Gasteiger charge is 2.07. The van der Waals surface area contributed by atoms with Crippen LogP contribution in [0.15, 0.2) is 45.5 Å². The van der Waals surface area contributed by atoms with E-state index >= 15 is 0 Å². The number of rotatable bonds is 3. The molecule has 1 heterocycles. The van der Waals surface area contributed by atoms with Gasteiger partial charge in [-0.25, -0.2) is 9.97 Å². The number of nitrogens with two attached hydrogens (primary N) is 1. The van der Waals surface area contributed by atoms with E-state index in [-0.39, 0.29) is 5.84 Å². The van der Waals surface area contributed by atoms with Crippen molar-refractivity contribution in [3.63, 3.8) is 0 Å². The SMILES string of the molecule is Cc1cc(/C(N)=N/O)nc(Sc2ccc(Cl)cc2)n1. The van der Waals surface area contributed by atoms with E-state index in [1.54, 1.807) is 18.2 Å². The van der Waals surface area contributed by atoms with E-state index < -0.39 is 0 Å². The first kappa shape index (κ1) is 13.6. The highest BCUT2D eigenvalue weighted by Crippen LogP contribution is 2.26. The molecule has 98 valence electrons. The van der Waals surface area contributed by atoms with Crippen molar-refractivity contribution in [2.75, 3.05) is 0 Å². The van der Waals surface area contributed by atoms with Gasteiger partial charge in [0, 0.05) is 15.6 Å². The van der Waals surface area contributed by atoms with Crippen molar-refractivity contribution in [2.24, 2.45) is 10.9 Å². The number of halogens is 1. The lowest BCUT2D eigenvalue weighted by Gasteiger charge is -2.04. The second kappa shape index (κ2) is 5.90. The van der Waals surface area contributed by atoms with Gasteiger partial charge in [0.05, 0.1) is 0 Å². The minimum absolute atomic E-state index is 0.0385. The molecule has 0 amide bonds. The molecule has 0 bridgehead atoms. The maximum Gasteiger partial charge on any atom is 0.193 e. The van der Waals surface area contributed by atoms with Gasteiger partial charge >= 0.3 is 0 Å². The van der Waals surface area contributed by atoms with Crippen LogP contribution in [0.1, 0.15) is 11.4 Å². The normalized spacial score (nSPS) is 11.6. The topological polar surface area (TPSA) is 84.4 Å². The molecule has 0 saturated heterocycles. The molecule has 0 aliphatic heterocycles. The largest absolute Gasteiger partial charge is 0.409 e. The Labute approximate surface area is 119 Å². The number of aromatic nitrogens is 2. The van der Waals surface area contributed by atoms with Crippen LogP contribution in [0, 0.1) is 6.92 Å². The Kier molecular flexibility index (Phi) is 4.24. The second-order valence-corrected chi connectivity index (χ2v) is 5.20. The summed E-state index contributed by atoms with van der Waals surface area (Å²) in [5.74, 6) is -0.0385. The Hall–Kier alpha value is -1.79. The summed E-state index contributed by atoms with van der Waals surface area (Å²) in [6.07, 6.45) is 0. The van der Waals surface area contributed by atoms with Crippen molar-refractivity contribution >= 4 is 29.2 Å². The molecule has 2 aromatic rings. The number of oxime groups is 1. The van der Waals surface area contributed by atoms with Crippen molar-refractivity contribution in [2.45, 2.75) is 17.0 Å². The predicted octanol–water partition coefficient (Wildman–Crippen LogP) is 2.68. The molecule has 3 N–H and O–H groups in total. The molecule has 5 nitrogen and oxygen atoms in total. The molecule has 0 fully saturated rings. The molecule has 0 saturated carbocycles. The van der Waals surface area contributed by atoms with E-state index in [0.717, 1.165) is 10.6 Å². The van der Waals surface area contributed by atoms with Crippen LogP contribution in [0.25, 0.3) is 0 Å². The summed E-state index contributed by atoms with van der Waals surface area (Å²) in [5, 5.41) is 12.8. The molecular formula is C12H11ClN4OS. The molecule has 1 aromatic heterocycles. The number of hydrogen-bond donors (Lipinski definition) is 2. The van der Waals surface area contributed by atoms with E-state index in [2.05, 4.69) is 15.1 Å². The van der Waals surface area contributed by atoms with Gasteiger partial charge in [0.1, 0.15) is 5.69 Å². The van der Waals surface area contributed by atoms with E-state index in [1.165, 1.54) is 11.8 Å². The first-order chi connectivity index (χ1) is 9.08. The highest BCUT2D eigenvalue weighted by molar-refractivity contribution is 7.99. The Bertz CT molecular complexity index is 616. The fraction of sp³-hybridized carbons (Fsp3) is 0.0833. The summed E-state index contributed by atoms with van der Waals surface area (Å²) in [4.78, 5) is 9.48. The molecule has 0 aliphatic carbocycles. The van der Waals surface area contributed by atoms with Gasteiger partial charge in [-0.05, 0) is 49.0 Å². The van der Waals surface area contributed by atoms with Crippen LogP contribution in [0.5, 0.6) is 0 Å². The summed E-state index contributed by atoms with van der Waals surface area (Å²) < 4.78 is 0. The van der Waals surface area contributed by atoms with Crippen molar-refractivity contribution in [3.8, 4) is 0 Å². The fourth-order valence-electron chi connectivity index (χ4n) is 1.38. The summed E-state index contributed by atoms with van der Waals surface area (Å²) in [6, 6.07) is 9.00. The number of amidine groups is 1. The summed E-state index contributed by atoms with van der Waals surface area (Å²) in [6.45, 7) is 1.82. The van der Waals surface area contributed by atoms with E-state index in [0.29, 0.717) is 15.9 Å². The van der Waals surface area contributed by atoms with Crippen molar-refractivity contribution in [1.82, 2.24) is 9.97 Å². The van der Waals surface area contributed by atoms with Gasteiger partial charge in [-0.15, -0.1) is 0 Å². The standard InChI is InChI=1S/C12H11ClN4OS/c1-7-6-10(11(14)17-18)16-12(15-7)19-9-4-2-8(13)3-5-9/h2-6,18H,1H3,(H2,14,17). The predicted molar refractivity (Wildman–Crippen MR) is 74.9 cm³/mol. The first-order valence-corrected chi connectivity index (χ1v) is 6.55. The van der Waals surface area contributed by atoms with E-state index in [9.17, 15) is 0 Å². The fourth-order valence-corrected chi connectivity index (χ4v) is 2.32. The molecule has 0 unspecified atom stereocenters. The molecule has 0 radical (unpaired) electrons. The van der Waals surface area contributed by atoms with Gasteiger partial charge in [-0.3, -0.25) is 0 Å². The molecule has 0 spiro atoms. The number of aryl methyl sites for hydroxylation is 1. The van der Waals surface area contributed by atoms with Gasteiger partial charge < -0.3 is 10.9 Å². The summed E-state index contributed by atoms with van der Waals surface area (Å²) >= 11 is 7.20. The minimum Gasteiger partial charge on any atom is -0.409 e. The smallest absolute Gasteiger partial charge is 0.193 e. The van der Waals surface area contributed by atoms with Crippen molar-refractivity contribution in [1.29, 1.82) is 0 Å². The van der Waals surface area contributed by atoms with Gasteiger partial charge in [-0.2, -0.15) is 0 Å². The summed E-state index contributed by atoms with van der Waals surface area (Å²) in [7, 11) is 0. The maximum atomic E-state index is 8.67. The van der Waals surface area contributed by atoms with Crippen LogP contribution < -0.4 is 5.73 Å². The molecule has 7 heteroatoms. The lowest BCUT2D eigenvalue weighted by Crippen LogP contribution is -2.16. The van der Waals surface area contributed by atoms with E-state index in [1.807, 2.05) is 19.1 Å². The molecule has 2 rings (SSSR count). The highest BCUT2D eigenvalue weighted by atomic mass is 35.5. The summed E-state index contributed by atoms with van der Waals surface area (Å²) in [5.41, 5.74) is 6.67. The first-order valence-electron chi connectivity index (χ1n) is 5.35. The minimum atomic E-state index is -0.0385. The zero-order chi connectivity index (χ0) is 13.8. The lowest BCUT2D eigenvalue weighted by atomic mass is 10.3. The molecule has 0 aliphatic rings. The van der Waals surface area contributed by atoms with Crippen LogP contribution in [0.2, 0.25) is 5.02 Å². The average molecular weight is 295 g/mol. The monoisotopic (exact) mass is 294 g/mol. The van der Waals surface area contributed by atoms with Crippen LogP contribution >= 0.6 is 23.4 Å². The van der Waals surface area contributed by atoms with Gasteiger partial charge in [0.2, 0.25) is 0 Å². The third-order valence-corrected chi connectivity index (χ3v) is 3.35. The maximum absolute atomic E-state index is 8.67. The Morgan fingerprint density at radius 3 is 2.63 bits per heavy atom. The molecule has 19 heavy (non-hydrogen) atoms. The zero-order valence-corrected chi connectivity index (χ0v) is 11.6. The Morgan fingerprint density at radius 2 is 2.00 bits per heavy atom. The average Bonchev–Trinajstić information content (AvgIpc) is 2.40. The number of benzene rings is 1. The van der Waals surface area contributed by atoms with Gasteiger partial charge in [-0.1, -0.05) is 16.8 Å². The van der Waals surface area contributed by atoms with Crippen molar-refractivity contribution < 1.29 is 5.21 Å². The zero-order valence-electron chi connectivity index (χ0n) is 10.0. The second-order valence-electron chi connectivity index (χ2n) is 3.72. The third kappa shape index (κ3) is 3.59. The molecule has 0 atom stereocenters. The Balaban J connectivity index is 2.30. The number of hydrogen-bond acceptors (Lipinski definition) is 5. The van der Waals surface area contributed by atoms with Crippen molar-refractivity contribution in [3.05, 3.63) is 46.7 Å². The van der Waals surface area contributed by atoms with Crippen LogP contribution in [-0.4, -0.2) is 21.0 Å².